The molecule has 6 nitrogen and oxygen atoms in total. The number of nitrogens with one attached hydrogen (secondary N) is 2. The minimum absolute atomic E-state index is 0.0343. The molecule has 3 rings (SSSR count). The Morgan fingerprint density at radius 2 is 1.74 bits per heavy atom. The number of nitrogens with zero attached hydrogens (tertiary/aromatic N) is 1. The first-order valence-corrected chi connectivity index (χ1v) is 9.01. The highest BCUT2D eigenvalue weighted by Crippen LogP contribution is 2.40. The van der Waals surface area contributed by atoms with Crippen LogP contribution in [0.1, 0.15) is 38.8 Å². The molecular formula is C21H25N3O3. The van der Waals surface area contributed by atoms with Crippen molar-refractivity contribution in [1.82, 2.24) is 0 Å². The molecule has 0 fully saturated rings. The van der Waals surface area contributed by atoms with Gasteiger partial charge in [0.05, 0.1) is 13.2 Å². The van der Waals surface area contributed by atoms with E-state index in [2.05, 4.69) is 17.6 Å². The number of hydrogen-bond acceptors (Lipinski definition) is 4. The number of amides is 2. The van der Waals surface area contributed by atoms with Crippen LogP contribution in [0.25, 0.3) is 0 Å². The lowest BCUT2D eigenvalue weighted by atomic mass is 9.91. The van der Waals surface area contributed by atoms with Crippen molar-refractivity contribution in [3.63, 3.8) is 0 Å². The second-order valence-electron chi connectivity index (χ2n) is 6.85. The van der Waals surface area contributed by atoms with Gasteiger partial charge >= 0.3 is 0 Å². The van der Waals surface area contributed by atoms with Gasteiger partial charge in [0.2, 0.25) is 11.8 Å². The van der Waals surface area contributed by atoms with Crippen LogP contribution in [0.2, 0.25) is 0 Å². The topological polar surface area (TPSA) is 70.7 Å². The lowest BCUT2D eigenvalue weighted by molar-refractivity contribution is -0.117. The maximum Gasteiger partial charge on any atom is 0.224 e. The third-order valence-electron chi connectivity index (χ3n) is 4.77. The molecule has 1 aliphatic rings. The lowest BCUT2D eigenvalue weighted by Crippen LogP contribution is -2.43. The fourth-order valence-corrected chi connectivity index (χ4v) is 3.64. The summed E-state index contributed by atoms with van der Waals surface area (Å²) in [5.41, 5.74) is 3.66. The Kier molecular flexibility index (Phi) is 5.35. The van der Waals surface area contributed by atoms with Crippen molar-refractivity contribution in [1.29, 1.82) is 0 Å². The molecule has 142 valence electrons. The summed E-state index contributed by atoms with van der Waals surface area (Å²) in [5.74, 6) is 0.703. The Labute approximate surface area is 159 Å². The van der Waals surface area contributed by atoms with Gasteiger partial charge in [-0.15, -0.1) is 0 Å². The predicted molar refractivity (Wildman–Crippen MR) is 107 cm³/mol. The zero-order chi connectivity index (χ0) is 19.6. The van der Waals surface area contributed by atoms with Crippen molar-refractivity contribution in [2.75, 3.05) is 22.6 Å². The van der Waals surface area contributed by atoms with Crippen LogP contribution in [-0.4, -0.2) is 25.0 Å². The number of benzene rings is 2. The third-order valence-corrected chi connectivity index (χ3v) is 4.77. The largest absolute Gasteiger partial charge is 0.497 e. The van der Waals surface area contributed by atoms with Crippen LogP contribution in [0.15, 0.2) is 42.5 Å². The first kappa shape index (κ1) is 18.8. The van der Waals surface area contributed by atoms with E-state index in [4.69, 9.17) is 4.74 Å². The molecule has 1 aliphatic heterocycles. The van der Waals surface area contributed by atoms with Gasteiger partial charge in [-0.25, -0.2) is 0 Å². The fraction of sp³-hybridized carbons (Fsp3) is 0.333. The summed E-state index contributed by atoms with van der Waals surface area (Å²) >= 11 is 0. The van der Waals surface area contributed by atoms with E-state index < -0.39 is 0 Å². The number of carbonyl (C=O) groups excluding carboxylic acids is 2. The molecule has 0 saturated carbocycles. The summed E-state index contributed by atoms with van der Waals surface area (Å²) in [5, 5.41) is 6.32. The molecular weight excluding hydrogens is 342 g/mol. The molecule has 0 spiro atoms. The molecule has 0 aromatic heterocycles. The van der Waals surface area contributed by atoms with Crippen LogP contribution in [0, 0.1) is 0 Å². The lowest BCUT2D eigenvalue weighted by Gasteiger charge is -2.39. The van der Waals surface area contributed by atoms with Crippen LogP contribution in [0.3, 0.4) is 0 Å². The molecule has 0 bridgehead atoms. The van der Waals surface area contributed by atoms with Crippen molar-refractivity contribution >= 4 is 28.9 Å². The van der Waals surface area contributed by atoms with E-state index in [-0.39, 0.29) is 23.9 Å². The monoisotopic (exact) mass is 367 g/mol. The summed E-state index contributed by atoms with van der Waals surface area (Å²) in [7, 11) is 1.64. The van der Waals surface area contributed by atoms with Gasteiger partial charge in [-0.1, -0.05) is 0 Å². The van der Waals surface area contributed by atoms with E-state index >= 15 is 0 Å². The normalized spacial score (nSPS) is 18.4. The number of ether oxygens (including phenoxy) is 1. The SMILES string of the molecule is COc1ccc2c(c1)[C@@H](Nc1ccc(NC(C)=O)cc1)C[C@@H](C)N2C(C)=O. The summed E-state index contributed by atoms with van der Waals surface area (Å²) in [6.07, 6.45) is 0.785. The van der Waals surface area contributed by atoms with Gasteiger partial charge in [-0.2, -0.15) is 0 Å². The standard InChI is InChI=1S/C21H25N3O3/c1-13-11-20(23-17-7-5-16(6-8-17)22-14(2)25)19-12-18(27-4)9-10-21(19)24(13)15(3)26/h5-10,12-13,20,23H,11H2,1-4H3,(H,22,25)/t13-,20+/m1/s1. The maximum atomic E-state index is 12.2. The zero-order valence-electron chi connectivity index (χ0n) is 16.1. The van der Waals surface area contributed by atoms with E-state index in [0.717, 1.165) is 34.8 Å². The van der Waals surface area contributed by atoms with E-state index in [1.807, 2.05) is 47.4 Å². The number of anilines is 3. The molecule has 2 aromatic rings. The Morgan fingerprint density at radius 3 is 2.33 bits per heavy atom. The Balaban J connectivity index is 1.90. The molecule has 27 heavy (non-hydrogen) atoms. The van der Waals surface area contributed by atoms with E-state index in [1.54, 1.807) is 14.0 Å². The summed E-state index contributed by atoms with van der Waals surface area (Å²) in [6.45, 7) is 5.14. The van der Waals surface area contributed by atoms with E-state index in [1.165, 1.54) is 6.92 Å². The summed E-state index contributed by atoms with van der Waals surface area (Å²) in [6, 6.07) is 13.5. The number of rotatable bonds is 4. The van der Waals surface area contributed by atoms with Gasteiger partial charge in [0.15, 0.2) is 0 Å². The molecule has 0 aliphatic carbocycles. The molecule has 2 aromatic carbocycles. The average molecular weight is 367 g/mol. The highest BCUT2D eigenvalue weighted by Gasteiger charge is 2.32. The first-order chi connectivity index (χ1) is 12.9. The number of hydrogen-bond donors (Lipinski definition) is 2. The smallest absolute Gasteiger partial charge is 0.224 e. The second-order valence-corrected chi connectivity index (χ2v) is 6.85. The van der Waals surface area contributed by atoms with Gasteiger partial charge in [0, 0.05) is 42.5 Å². The molecule has 6 heteroatoms. The fourth-order valence-electron chi connectivity index (χ4n) is 3.64. The maximum absolute atomic E-state index is 12.2. The van der Waals surface area contributed by atoms with Crippen molar-refractivity contribution in [2.45, 2.75) is 39.3 Å². The molecule has 2 atom stereocenters. The van der Waals surface area contributed by atoms with Gasteiger partial charge in [0.1, 0.15) is 5.75 Å². The molecule has 2 amide bonds. The van der Waals surface area contributed by atoms with Crippen LogP contribution in [-0.2, 0) is 9.59 Å². The third kappa shape index (κ3) is 4.05. The van der Waals surface area contributed by atoms with Crippen molar-refractivity contribution in [3.8, 4) is 5.75 Å². The minimum Gasteiger partial charge on any atom is -0.497 e. The molecule has 0 unspecified atom stereocenters. The number of methoxy groups -OCH3 is 1. The molecule has 0 radical (unpaired) electrons. The first-order valence-electron chi connectivity index (χ1n) is 9.01. The van der Waals surface area contributed by atoms with Crippen LogP contribution < -0.4 is 20.3 Å². The second kappa shape index (κ2) is 7.70. The summed E-state index contributed by atoms with van der Waals surface area (Å²) in [4.78, 5) is 25.2. The van der Waals surface area contributed by atoms with E-state index in [0.29, 0.717) is 0 Å². The molecule has 0 saturated heterocycles. The zero-order valence-corrected chi connectivity index (χ0v) is 16.1. The Bertz CT molecular complexity index is 848. The Morgan fingerprint density at radius 1 is 1.07 bits per heavy atom. The highest BCUT2D eigenvalue weighted by molar-refractivity contribution is 5.94. The van der Waals surface area contributed by atoms with Crippen LogP contribution >= 0.6 is 0 Å². The molecule has 2 N–H and O–H groups in total. The van der Waals surface area contributed by atoms with Gasteiger partial charge < -0.3 is 20.3 Å². The summed E-state index contributed by atoms with van der Waals surface area (Å²) < 4.78 is 5.38. The minimum atomic E-state index is -0.0952. The van der Waals surface area contributed by atoms with Crippen LogP contribution in [0.4, 0.5) is 17.1 Å². The van der Waals surface area contributed by atoms with Crippen molar-refractivity contribution < 1.29 is 14.3 Å². The van der Waals surface area contributed by atoms with Crippen molar-refractivity contribution in [2.24, 2.45) is 0 Å². The highest BCUT2D eigenvalue weighted by atomic mass is 16.5. The average Bonchev–Trinajstić information content (AvgIpc) is 2.62. The number of fused-ring (bicyclic) bond motifs is 1. The quantitative estimate of drug-likeness (QED) is 0.858. The van der Waals surface area contributed by atoms with Crippen molar-refractivity contribution in [3.05, 3.63) is 48.0 Å². The predicted octanol–water partition coefficient (Wildman–Crippen LogP) is 3.95. The van der Waals surface area contributed by atoms with E-state index in [9.17, 15) is 9.59 Å². The number of carbonyl (C=O) groups is 2. The van der Waals surface area contributed by atoms with Crippen LogP contribution in [0.5, 0.6) is 5.75 Å². The molecule has 1 heterocycles. The van der Waals surface area contributed by atoms with Gasteiger partial charge in [0.25, 0.3) is 0 Å². The van der Waals surface area contributed by atoms with Gasteiger partial charge in [-0.05, 0) is 55.8 Å². The Hall–Kier alpha value is -3.02. The van der Waals surface area contributed by atoms with Gasteiger partial charge in [-0.3, -0.25) is 9.59 Å².